The van der Waals surface area contributed by atoms with E-state index in [1.165, 1.54) is 37.5 Å². The van der Waals surface area contributed by atoms with E-state index >= 15 is 0 Å². The molecule has 9 nitrogen and oxygen atoms in total. The number of phenols is 1. The van der Waals surface area contributed by atoms with Gasteiger partial charge in [-0.05, 0) is 25.1 Å². The number of anilines is 1. The van der Waals surface area contributed by atoms with Crippen LogP contribution >= 0.6 is 0 Å². The standard InChI is InChI=1S/C21H17NO8/c1-11(23)15-6-18-19(30-10-29-18)7-16(15)22-20(25)9-28-21(26)4-12-8-27-17-5-13(24)2-3-14(12)17/h2-3,5-8,24H,4,9-10H2,1H3,(H,22,25). The lowest BCUT2D eigenvalue weighted by molar-refractivity contribution is -0.146. The lowest BCUT2D eigenvalue weighted by Gasteiger charge is -2.11. The molecule has 0 saturated heterocycles. The third-order valence-electron chi connectivity index (χ3n) is 4.50. The minimum atomic E-state index is -0.626. The molecule has 2 aromatic carbocycles. The van der Waals surface area contributed by atoms with E-state index in [4.69, 9.17) is 18.6 Å². The fourth-order valence-electron chi connectivity index (χ4n) is 3.08. The van der Waals surface area contributed by atoms with Crippen LogP contribution in [0.25, 0.3) is 11.0 Å². The molecule has 9 heteroatoms. The van der Waals surface area contributed by atoms with E-state index in [0.717, 1.165) is 0 Å². The molecule has 0 saturated carbocycles. The number of furan rings is 1. The van der Waals surface area contributed by atoms with Crippen LogP contribution in [0.3, 0.4) is 0 Å². The third kappa shape index (κ3) is 3.90. The summed E-state index contributed by atoms with van der Waals surface area (Å²) in [5, 5.41) is 12.7. The number of hydrogen-bond acceptors (Lipinski definition) is 8. The zero-order chi connectivity index (χ0) is 21.3. The Labute approximate surface area is 170 Å². The zero-order valence-electron chi connectivity index (χ0n) is 15.9. The topological polar surface area (TPSA) is 124 Å². The fraction of sp³-hybridized carbons (Fsp3) is 0.190. The first-order valence-corrected chi connectivity index (χ1v) is 9.00. The number of benzene rings is 2. The van der Waals surface area contributed by atoms with Crippen molar-refractivity contribution < 1.29 is 38.1 Å². The summed E-state index contributed by atoms with van der Waals surface area (Å²) >= 11 is 0. The Balaban J connectivity index is 1.38. The van der Waals surface area contributed by atoms with E-state index in [2.05, 4.69) is 5.32 Å². The van der Waals surface area contributed by atoms with Crippen molar-refractivity contribution in [3.8, 4) is 17.2 Å². The predicted molar refractivity (Wildman–Crippen MR) is 104 cm³/mol. The van der Waals surface area contributed by atoms with E-state index in [0.29, 0.717) is 28.0 Å². The molecule has 0 aliphatic carbocycles. The molecule has 1 aromatic heterocycles. The molecule has 0 atom stereocenters. The molecule has 30 heavy (non-hydrogen) atoms. The number of fused-ring (bicyclic) bond motifs is 2. The first-order valence-electron chi connectivity index (χ1n) is 9.00. The van der Waals surface area contributed by atoms with Crippen LogP contribution in [0.4, 0.5) is 5.69 Å². The molecule has 0 unspecified atom stereocenters. The largest absolute Gasteiger partial charge is 0.508 e. The van der Waals surface area contributed by atoms with Crippen LogP contribution in [0.2, 0.25) is 0 Å². The normalized spacial score (nSPS) is 12.0. The fourth-order valence-corrected chi connectivity index (χ4v) is 3.08. The predicted octanol–water partition coefficient (Wildman–Crippen LogP) is 2.79. The van der Waals surface area contributed by atoms with Crippen molar-refractivity contribution >= 4 is 34.3 Å². The van der Waals surface area contributed by atoms with Gasteiger partial charge in [0, 0.05) is 28.6 Å². The average Bonchev–Trinajstić information content (AvgIpc) is 3.32. The second-order valence-corrected chi connectivity index (χ2v) is 6.63. The van der Waals surface area contributed by atoms with Gasteiger partial charge in [0.1, 0.15) is 11.3 Å². The van der Waals surface area contributed by atoms with Gasteiger partial charge in [-0.15, -0.1) is 0 Å². The summed E-state index contributed by atoms with van der Waals surface area (Å²) in [7, 11) is 0. The van der Waals surface area contributed by atoms with Crippen molar-refractivity contribution in [2.45, 2.75) is 13.3 Å². The maximum absolute atomic E-state index is 12.2. The quantitative estimate of drug-likeness (QED) is 0.469. The van der Waals surface area contributed by atoms with Crippen LogP contribution in [0.5, 0.6) is 17.2 Å². The van der Waals surface area contributed by atoms with Crippen LogP contribution in [-0.4, -0.2) is 36.2 Å². The first kappa shape index (κ1) is 19.3. The number of aromatic hydroxyl groups is 1. The number of nitrogens with one attached hydrogen (secondary N) is 1. The molecular formula is C21H17NO8. The molecule has 2 N–H and O–H groups in total. The van der Waals surface area contributed by atoms with E-state index in [9.17, 15) is 19.5 Å². The van der Waals surface area contributed by atoms with Gasteiger partial charge in [-0.25, -0.2) is 0 Å². The second kappa shape index (κ2) is 7.78. The van der Waals surface area contributed by atoms with Gasteiger partial charge in [0.05, 0.1) is 18.4 Å². The van der Waals surface area contributed by atoms with Crippen LogP contribution in [0.15, 0.2) is 41.0 Å². The summed E-state index contributed by atoms with van der Waals surface area (Å²) in [6, 6.07) is 7.54. The minimum Gasteiger partial charge on any atom is -0.508 e. The Morgan fingerprint density at radius 2 is 1.90 bits per heavy atom. The summed E-state index contributed by atoms with van der Waals surface area (Å²) in [4.78, 5) is 36.2. The molecule has 0 fully saturated rings. The Kier molecular flexibility index (Phi) is 5.01. The zero-order valence-corrected chi connectivity index (χ0v) is 15.9. The highest BCUT2D eigenvalue weighted by atomic mass is 16.7. The summed E-state index contributed by atoms with van der Waals surface area (Å²) in [5.74, 6) is -0.616. The van der Waals surface area contributed by atoms with Gasteiger partial charge in [0.2, 0.25) is 6.79 Å². The molecule has 154 valence electrons. The van der Waals surface area contributed by atoms with Gasteiger partial charge in [0.25, 0.3) is 5.91 Å². The van der Waals surface area contributed by atoms with Crippen LogP contribution in [-0.2, 0) is 20.7 Å². The van der Waals surface area contributed by atoms with Crippen molar-refractivity contribution in [1.82, 2.24) is 0 Å². The number of Topliss-reactive ketones (excluding diaryl/α,β-unsaturated/α-hetero) is 1. The van der Waals surface area contributed by atoms with Crippen molar-refractivity contribution in [2.24, 2.45) is 0 Å². The van der Waals surface area contributed by atoms with Crippen LogP contribution in [0.1, 0.15) is 22.8 Å². The van der Waals surface area contributed by atoms with Gasteiger partial charge in [-0.3, -0.25) is 14.4 Å². The number of ketones is 1. The van der Waals surface area contributed by atoms with Gasteiger partial charge < -0.3 is 29.1 Å². The lowest BCUT2D eigenvalue weighted by Crippen LogP contribution is -2.22. The molecule has 1 aliphatic rings. The number of hydrogen-bond donors (Lipinski definition) is 2. The third-order valence-corrected chi connectivity index (χ3v) is 4.50. The number of carbonyl (C=O) groups is 3. The van der Waals surface area contributed by atoms with E-state index in [1.807, 2.05) is 0 Å². The van der Waals surface area contributed by atoms with Crippen LogP contribution < -0.4 is 14.8 Å². The highest BCUT2D eigenvalue weighted by Gasteiger charge is 2.21. The average molecular weight is 411 g/mol. The number of rotatable bonds is 6. The highest BCUT2D eigenvalue weighted by Crippen LogP contribution is 2.37. The molecule has 0 bridgehead atoms. The van der Waals surface area contributed by atoms with Crippen molar-refractivity contribution in [3.63, 3.8) is 0 Å². The second-order valence-electron chi connectivity index (χ2n) is 6.63. The number of phenolic OH excluding ortho intramolecular Hbond substituents is 1. The number of amides is 1. The highest BCUT2D eigenvalue weighted by molar-refractivity contribution is 6.05. The Morgan fingerprint density at radius 3 is 2.67 bits per heavy atom. The number of esters is 1. The molecular weight excluding hydrogens is 394 g/mol. The lowest BCUT2D eigenvalue weighted by atomic mass is 10.1. The summed E-state index contributed by atoms with van der Waals surface area (Å²) in [6.07, 6.45) is 1.30. The summed E-state index contributed by atoms with van der Waals surface area (Å²) in [6.45, 7) is 0.868. The number of ether oxygens (including phenoxy) is 3. The smallest absolute Gasteiger partial charge is 0.310 e. The van der Waals surface area contributed by atoms with Crippen molar-refractivity contribution in [3.05, 3.63) is 47.7 Å². The summed E-state index contributed by atoms with van der Waals surface area (Å²) < 4.78 is 20.8. The number of carbonyl (C=O) groups excluding carboxylic acids is 3. The van der Waals surface area contributed by atoms with E-state index < -0.39 is 18.5 Å². The maximum atomic E-state index is 12.2. The van der Waals surface area contributed by atoms with Gasteiger partial charge in [-0.1, -0.05) is 0 Å². The van der Waals surface area contributed by atoms with Gasteiger partial charge >= 0.3 is 5.97 Å². The minimum absolute atomic E-state index is 0.0317. The monoisotopic (exact) mass is 411 g/mol. The molecule has 3 aromatic rings. The van der Waals surface area contributed by atoms with Crippen molar-refractivity contribution in [1.29, 1.82) is 0 Å². The molecule has 1 amide bonds. The summed E-state index contributed by atoms with van der Waals surface area (Å²) in [5.41, 5.74) is 1.51. The molecule has 4 rings (SSSR count). The molecule has 1 aliphatic heterocycles. The van der Waals surface area contributed by atoms with E-state index in [-0.39, 0.29) is 36.0 Å². The molecule has 0 spiro atoms. The first-order chi connectivity index (χ1) is 14.4. The van der Waals surface area contributed by atoms with Crippen LogP contribution in [0, 0.1) is 0 Å². The Morgan fingerprint density at radius 1 is 1.13 bits per heavy atom. The molecule has 2 heterocycles. The maximum Gasteiger partial charge on any atom is 0.310 e. The molecule has 0 radical (unpaired) electrons. The Hall–Kier alpha value is -4.01. The van der Waals surface area contributed by atoms with Crippen molar-refractivity contribution in [2.75, 3.05) is 18.7 Å². The van der Waals surface area contributed by atoms with Gasteiger partial charge in [-0.2, -0.15) is 0 Å². The van der Waals surface area contributed by atoms with Gasteiger partial charge in [0.15, 0.2) is 23.9 Å². The Bertz CT molecular complexity index is 1160. The SMILES string of the molecule is CC(=O)c1cc2c(cc1NC(=O)COC(=O)Cc1coc3cc(O)ccc13)OCO2. The van der Waals surface area contributed by atoms with E-state index in [1.54, 1.807) is 6.07 Å².